The van der Waals surface area contributed by atoms with Crippen molar-refractivity contribution in [1.29, 1.82) is 0 Å². The van der Waals surface area contributed by atoms with Crippen LogP contribution in [0.25, 0.3) is 0 Å². The molecule has 0 radical (unpaired) electrons. The summed E-state index contributed by atoms with van der Waals surface area (Å²) in [5.41, 5.74) is 0. The van der Waals surface area contributed by atoms with Crippen LogP contribution >= 0.6 is 0 Å². The van der Waals surface area contributed by atoms with Gasteiger partial charge in [-0.1, -0.05) is 0 Å². The maximum Gasteiger partial charge on any atom is 0.304 e. The fourth-order valence-electron chi connectivity index (χ4n) is 2.70. The SMILES string of the molecule is CCOc1ccc(OCCN2CCCC2CC(=O)O)cc1. The predicted octanol–water partition coefficient (Wildman–Crippen LogP) is 2.40. The zero-order valence-corrected chi connectivity index (χ0v) is 12.5. The number of nitrogens with zero attached hydrogens (tertiary/aromatic N) is 1. The molecule has 1 aromatic rings. The van der Waals surface area contributed by atoms with E-state index < -0.39 is 5.97 Å². The summed E-state index contributed by atoms with van der Waals surface area (Å²) in [7, 11) is 0. The third kappa shape index (κ3) is 4.93. The highest BCUT2D eigenvalue weighted by Gasteiger charge is 2.26. The third-order valence-electron chi connectivity index (χ3n) is 3.69. The van der Waals surface area contributed by atoms with Crippen LogP contribution in [0.1, 0.15) is 26.2 Å². The standard InChI is InChI=1S/C16H23NO4/c1-2-20-14-5-7-15(8-6-14)21-11-10-17-9-3-4-13(17)12-16(18)19/h5-8,13H,2-4,9-12H2,1H3,(H,18,19). The lowest BCUT2D eigenvalue weighted by molar-refractivity contribution is -0.138. The molecule has 0 saturated carbocycles. The van der Waals surface area contributed by atoms with Crippen molar-refractivity contribution in [2.75, 3.05) is 26.3 Å². The van der Waals surface area contributed by atoms with E-state index in [9.17, 15) is 4.79 Å². The summed E-state index contributed by atoms with van der Waals surface area (Å²) in [6.07, 6.45) is 2.26. The van der Waals surface area contributed by atoms with E-state index in [4.69, 9.17) is 14.6 Å². The molecule has 0 aliphatic carbocycles. The Hall–Kier alpha value is -1.75. The number of carboxylic acids is 1. The van der Waals surface area contributed by atoms with Gasteiger partial charge < -0.3 is 14.6 Å². The van der Waals surface area contributed by atoms with E-state index in [2.05, 4.69) is 4.90 Å². The van der Waals surface area contributed by atoms with Crippen LogP contribution in [0.15, 0.2) is 24.3 Å². The number of aliphatic carboxylic acids is 1. The van der Waals surface area contributed by atoms with E-state index in [1.54, 1.807) is 0 Å². The van der Waals surface area contributed by atoms with Gasteiger partial charge in [-0.2, -0.15) is 0 Å². The molecule has 1 N–H and O–H groups in total. The average Bonchev–Trinajstić information content (AvgIpc) is 2.88. The van der Waals surface area contributed by atoms with Crippen molar-refractivity contribution in [2.24, 2.45) is 0 Å². The molecule has 1 fully saturated rings. The maximum atomic E-state index is 10.8. The summed E-state index contributed by atoms with van der Waals surface area (Å²) in [6, 6.07) is 7.73. The van der Waals surface area contributed by atoms with Crippen molar-refractivity contribution in [3.05, 3.63) is 24.3 Å². The van der Waals surface area contributed by atoms with Crippen molar-refractivity contribution < 1.29 is 19.4 Å². The number of likely N-dealkylation sites (tertiary alicyclic amines) is 1. The number of ether oxygens (including phenoxy) is 2. The fraction of sp³-hybridized carbons (Fsp3) is 0.562. The second kappa shape index (κ2) is 7.88. The molecule has 5 heteroatoms. The summed E-state index contributed by atoms with van der Waals surface area (Å²) >= 11 is 0. The van der Waals surface area contributed by atoms with Gasteiger partial charge in [-0.15, -0.1) is 0 Å². The lowest BCUT2D eigenvalue weighted by Crippen LogP contribution is -2.34. The minimum absolute atomic E-state index is 0.159. The molecule has 1 unspecified atom stereocenters. The molecule has 1 heterocycles. The van der Waals surface area contributed by atoms with Crippen LogP contribution in [-0.4, -0.2) is 48.3 Å². The molecule has 1 aliphatic heterocycles. The summed E-state index contributed by atoms with van der Waals surface area (Å²) in [4.78, 5) is 13.0. The normalized spacial score (nSPS) is 18.6. The van der Waals surface area contributed by atoms with Gasteiger partial charge in [0, 0.05) is 12.6 Å². The summed E-state index contributed by atoms with van der Waals surface area (Å²) in [5.74, 6) is 0.928. The monoisotopic (exact) mass is 293 g/mol. The van der Waals surface area contributed by atoms with Gasteiger partial charge in [-0.05, 0) is 50.6 Å². The molecule has 21 heavy (non-hydrogen) atoms. The van der Waals surface area contributed by atoms with Gasteiger partial charge in [0.2, 0.25) is 0 Å². The molecule has 1 saturated heterocycles. The van der Waals surface area contributed by atoms with Crippen molar-refractivity contribution in [3.63, 3.8) is 0 Å². The summed E-state index contributed by atoms with van der Waals surface area (Å²) < 4.78 is 11.1. The Morgan fingerprint density at radius 1 is 1.29 bits per heavy atom. The maximum absolute atomic E-state index is 10.8. The first-order valence-electron chi connectivity index (χ1n) is 7.50. The molecule has 116 valence electrons. The number of rotatable bonds is 8. The Labute approximate surface area is 125 Å². The number of hydrogen-bond acceptors (Lipinski definition) is 4. The van der Waals surface area contributed by atoms with E-state index in [0.717, 1.165) is 37.4 Å². The molecule has 1 atom stereocenters. The molecule has 1 aliphatic rings. The van der Waals surface area contributed by atoms with Crippen molar-refractivity contribution in [3.8, 4) is 11.5 Å². The van der Waals surface area contributed by atoms with Crippen molar-refractivity contribution >= 4 is 5.97 Å². The van der Waals surface area contributed by atoms with E-state index >= 15 is 0 Å². The highest BCUT2D eigenvalue weighted by atomic mass is 16.5. The molecular formula is C16H23NO4. The van der Waals surface area contributed by atoms with Crippen LogP contribution < -0.4 is 9.47 Å². The topological polar surface area (TPSA) is 59.0 Å². The van der Waals surface area contributed by atoms with Gasteiger partial charge in [-0.25, -0.2) is 0 Å². The Morgan fingerprint density at radius 2 is 1.95 bits per heavy atom. The number of carboxylic acid groups (broad SMARTS) is 1. The highest BCUT2D eigenvalue weighted by Crippen LogP contribution is 2.20. The lowest BCUT2D eigenvalue weighted by Gasteiger charge is -2.23. The van der Waals surface area contributed by atoms with Crippen LogP contribution in [0.4, 0.5) is 0 Å². The first-order chi connectivity index (χ1) is 10.2. The number of hydrogen-bond donors (Lipinski definition) is 1. The third-order valence-corrected chi connectivity index (χ3v) is 3.69. The Morgan fingerprint density at radius 3 is 2.57 bits per heavy atom. The van der Waals surface area contributed by atoms with E-state index in [-0.39, 0.29) is 12.5 Å². The number of benzene rings is 1. The largest absolute Gasteiger partial charge is 0.494 e. The Balaban J connectivity index is 1.74. The second-order valence-electron chi connectivity index (χ2n) is 5.18. The van der Waals surface area contributed by atoms with Gasteiger partial charge in [-0.3, -0.25) is 9.69 Å². The molecule has 5 nitrogen and oxygen atoms in total. The van der Waals surface area contributed by atoms with Gasteiger partial charge in [0.15, 0.2) is 0 Å². The Bertz CT molecular complexity index is 446. The zero-order chi connectivity index (χ0) is 15.1. The van der Waals surface area contributed by atoms with Gasteiger partial charge in [0.25, 0.3) is 0 Å². The van der Waals surface area contributed by atoms with Crippen LogP contribution in [0, 0.1) is 0 Å². The molecule has 1 aromatic carbocycles. The molecule has 2 rings (SSSR count). The molecule has 0 amide bonds. The zero-order valence-electron chi connectivity index (χ0n) is 12.5. The molecule has 0 bridgehead atoms. The first kappa shape index (κ1) is 15.6. The highest BCUT2D eigenvalue weighted by molar-refractivity contribution is 5.67. The second-order valence-corrected chi connectivity index (χ2v) is 5.18. The van der Waals surface area contributed by atoms with Crippen molar-refractivity contribution in [1.82, 2.24) is 4.90 Å². The van der Waals surface area contributed by atoms with Crippen LogP contribution in [-0.2, 0) is 4.79 Å². The molecular weight excluding hydrogens is 270 g/mol. The summed E-state index contributed by atoms with van der Waals surface area (Å²) in [6.45, 7) is 4.91. The van der Waals surface area contributed by atoms with E-state index in [1.165, 1.54) is 0 Å². The van der Waals surface area contributed by atoms with Crippen LogP contribution in [0.5, 0.6) is 11.5 Å². The minimum atomic E-state index is -0.723. The smallest absolute Gasteiger partial charge is 0.304 e. The van der Waals surface area contributed by atoms with Gasteiger partial charge in [0.05, 0.1) is 13.0 Å². The fourth-order valence-corrected chi connectivity index (χ4v) is 2.70. The minimum Gasteiger partial charge on any atom is -0.494 e. The average molecular weight is 293 g/mol. The first-order valence-corrected chi connectivity index (χ1v) is 7.50. The van der Waals surface area contributed by atoms with Gasteiger partial charge in [0.1, 0.15) is 18.1 Å². The van der Waals surface area contributed by atoms with E-state index in [1.807, 2.05) is 31.2 Å². The molecule has 0 spiro atoms. The lowest BCUT2D eigenvalue weighted by atomic mass is 10.1. The van der Waals surface area contributed by atoms with Crippen LogP contribution in [0.3, 0.4) is 0 Å². The van der Waals surface area contributed by atoms with Crippen LogP contribution in [0.2, 0.25) is 0 Å². The van der Waals surface area contributed by atoms with E-state index in [0.29, 0.717) is 13.2 Å². The van der Waals surface area contributed by atoms with Crippen molar-refractivity contribution in [2.45, 2.75) is 32.2 Å². The summed E-state index contributed by atoms with van der Waals surface area (Å²) in [5, 5.41) is 8.90. The Kier molecular flexibility index (Phi) is 5.87. The predicted molar refractivity (Wildman–Crippen MR) is 80.0 cm³/mol. The number of carbonyl (C=O) groups is 1. The quantitative estimate of drug-likeness (QED) is 0.797. The molecule has 0 aromatic heterocycles. The van der Waals surface area contributed by atoms with Gasteiger partial charge >= 0.3 is 5.97 Å².